The second kappa shape index (κ2) is 5.65. The Morgan fingerprint density at radius 2 is 1.76 bits per heavy atom. The Bertz CT molecular complexity index is 732. The zero-order chi connectivity index (χ0) is 18.7. The second-order valence-electron chi connectivity index (χ2n) is 8.99. The van der Waals surface area contributed by atoms with Crippen molar-refractivity contribution in [3.8, 4) is 17.2 Å². The maximum absolute atomic E-state index is 13.0. The number of aromatic hydroxyl groups is 2. The molecule has 0 aliphatic heterocycles. The number of phenolic OH excluding ortho intramolecular Hbond substituents is 2. The van der Waals surface area contributed by atoms with Gasteiger partial charge in [-0.3, -0.25) is 4.79 Å². The zero-order valence-electron chi connectivity index (χ0n) is 16.2. The third-order valence-electron chi connectivity index (χ3n) is 6.69. The first-order chi connectivity index (χ1) is 11.6. The topological polar surface area (TPSA) is 66.8 Å². The van der Waals surface area contributed by atoms with E-state index in [0.29, 0.717) is 28.9 Å². The fraction of sp³-hybridized carbons (Fsp3) is 0.667. The monoisotopic (exact) mass is 346 g/mol. The molecule has 1 fully saturated rings. The number of methoxy groups -OCH3 is 1. The minimum Gasteiger partial charge on any atom is -0.507 e. The van der Waals surface area contributed by atoms with Crippen molar-refractivity contribution in [2.75, 3.05) is 7.11 Å². The average molecular weight is 346 g/mol. The number of fused-ring (bicyclic) bond motifs is 3. The molecule has 1 aromatic rings. The van der Waals surface area contributed by atoms with Crippen molar-refractivity contribution in [1.82, 2.24) is 0 Å². The average Bonchev–Trinajstić information content (AvgIpc) is 2.50. The Balaban J connectivity index is 2.38. The van der Waals surface area contributed by atoms with Gasteiger partial charge in [0.25, 0.3) is 0 Å². The third kappa shape index (κ3) is 2.37. The van der Waals surface area contributed by atoms with Crippen molar-refractivity contribution >= 4 is 5.78 Å². The van der Waals surface area contributed by atoms with Crippen LogP contribution in [0, 0.1) is 11.3 Å². The molecule has 0 bridgehead atoms. The van der Waals surface area contributed by atoms with E-state index in [1.165, 1.54) is 7.11 Å². The van der Waals surface area contributed by atoms with E-state index in [2.05, 4.69) is 20.8 Å². The van der Waals surface area contributed by atoms with E-state index in [4.69, 9.17) is 4.74 Å². The predicted octanol–water partition coefficient (Wildman–Crippen LogP) is 4.90. The lowest BCUT2D eigenvalue weighted by atomic mass is 9.50. The van der Waals surface area contributed by atoms with Crippen LogP contribution in [0.2, 0.25) is 0 Å². The highest BCUT2D eigenvalue weighted by Gasteiger charge is 2.54. The van der Waals surface area contributed by atoms with Gasteiger partial charge in [0.15, 0.2) is 17.3 Å². The first-order valence-electron chi connectivity index (χ1n) is 9.25. The number of Topliss-reactive ketones (excluding diaryl/α,β-unsaturated/α-hetero) is 1. The van der Waals surface area contributed by atoms with Gasteiger partial charge in [-0.05, 0) is 30.1 Å². The van der Waals surface area contributed by atoms with Crippen LogP contribution in [0.1, 0.15) is 87.7 Å². The molecule has 1 saturated carbocycles. The normalized spacial score (nSPS) is 27.8. The summed E-state index contributed by atoms with van der Waals surface area (Å²) in [5.41, 5.74) is 1.12. The fourth-order valence-electron chi connectivity index (χ4n) is 5.50. The van der Waals surface area contributed by atoms with Crippen molar-refractivity contribution in [1.29, 1.82) is 0 Å². The number of phenols is 2. The van der Waals surface area contributed by atoms with E-state index in [0.717, 1.165) is 19.3 Å². The van der Waals surface area contributed by atoms with E-state index in [1.54, 1.807) is 0 Å². The maximum Gasteiger partial charge on any atom is 0.167 e. The van der Waals surface area contributed by atoms with Gasteiger partial charge in [0, 0.05) is 23.0 Å². The fourth-order valence-corrected chi connectivity index (χ4v) is 5.50. The molecule has 4 heteroatoms. The second-order valence-corrected chi connectivity index (χ2v) is 8.99. The first-order valence-corrected chi connectivity index (χ1v) is 9.25. The summed E-state index contributed by atoms with van der Waals surface area (Å²) in [6.07, 6.45) is 3.44. The first kappa shape index (κ1) is 18.1. The third-order valence-corrected chi connectivity index (χ3v) is 6.69. The summed E-state index contributed by atoms with van der Waals surface area (Å²) < 4.78 is 5.47. The molecule has 0 radical (unpaired) electrons. The van der Waals surface area contributed by atoms with Crippen LogP contribution in [-0.4, -0.2) is 23.1 Å². The molecule has 2 aliphatic rings. The van der Waals surface area contributed by atoms with E-state index < -0.39 is 0 Å². The molecule has 2 atom stereocenters. The van der Waals surface area contributed by atoms with Crippen molar-refractivity contribution in [2.45, 2.75) is 71.6 Å². The Kier molecular flexibility index (Phi) is 4.09. The van der Waals surface area contributed by atoms with Crippen LogP contribution < -0.4 is 4.74 Å². The number of carbonyl (C=O) groups excluding carboxylic acids is 1. The molecule has 0 unspecified atom stereocenters. The number of rotatable bonds is 2. The summed E-state index contributed by atoms with van der Waals surface area (Å²) in [5, 5.41) is 22.0. The molecule has 1 aromatic carbocycles. The summed E-state index contributed by atoms with van der Waals surface area (Å²) in [4.78, 5) is 13.0. The Hall–Kier alpha value is -1.71. The Labute approximate surface area is 150 Å². The summed E-state index contributed by atoms with van der Waals surface area (Å²) in [5.74, 6) is 0.361. The van der Waals surface area contributed by atoms with Crippen molar-refractivity contribution < 1.29 is 19.7 Å². The minimum absolute atomic E-state index is 0.00676. The van der Waals surface area contributed by atoms with Gasteiger partial charge < -0.3 is 14.9 Å². The van der Waals surface area contributed by atoms with Crippen molar-refractivity contribution in [3.05, 3.63) is 16.7 Å². The molecule has 2 N–H and O–H groups in total. The summed E-state index contributed by atoms with van der Waals surface area (Å²) in [7, 11) is 1.50. The van der Waals surface area contributed by atoms with Crippen molar-refractivity contribution in [2.24, 2.45) is 11.3 Å². The summed E-state index contributed by atoms with van der Waals surface area (Å²) in [6.45, 7) is 10.4. The molecule has 0 amide bonds. The molecular weight excluding hydrogens is 316 g/mol. The maximum atomic E-state index is 13.0. The van der Waals surface area contributed by atoms with Crippen LogP contribution in [0.25, 0.3) is 0 Å². The molecule has 0 aromatic heterocycles. The number of carbonyl (C=O) groups is 1. The number of benzene rings is 1. The van der Waals surface area contributed by atoms with Gasteiger partial charge in [-0.2, -0.15) is 0 Å². The van der Waals surface area contributed by atoms with Crippen LogP contribution in [0.4, 0.5) is 0 Å². The highest BCUT2D eigenvalue weighted by Crippen LogP contribution is 2.62. The molecule has 2 aliphatic carbocycles. The molecule has 0 saturated heterocycles. The van der Waals surface area contributed by atoms with Gasteiger partial charge in [0.2, 0.25) is 0 Å². The number of hydrogen-bond donors (Lipinski definition) is 2. The number of hydrogen-bond acceptors (Lipinski definition) is 4. The highest BCUT2D eigenvalue weighted by atomic mass is 16.5. The lowest BCUT2D eigenvalue weighted by Crippen LogP contribution is -2.49. The van der Waals surface area contributed by atoms with Crippen molar-refractivity contribution in [3.63, 3.8) is 0 Å². The van der Waals surface area contributed by atoms with E-state index >= 15 is 0 Å². The Morgan fingerprint density at radius 1 is 1.12 bits per heavy atom. The molecule has 0 spiro atoms. The quantitative estimate of drug-likeness (QED) is 0.747. The van der Waals surface area contributed by atoms with Gasteiger partial charge in [-0.1, -0.05) is 41.0 Å². The van der Waals surface area contributed by atoms with Crippen LogP contribution in [-0.2, 0) is 5.41 Å². The van der Waals surface area contributed by atoms with Crippen LogP contribution in [0.3, 0.4) is 0 Å². The van der Waals surface area contributed by atoms with Gasteiger partial charge in [0.1, 0.15) is 5.75 Å². The molecule has 0 heterocycles. The largest absolute Gasteiger partial charge is 0.507 e. The van der Waals surface area contributed by atoms with E-state index in [-0.39, 0.29) is 39.9 Å². The summed E-state index contributed by atoms with van der Waals surface area (Å²) >= 11 is 0. The molecule has 138 valence electrons. The van der Waals surface area contributed by atoms with Crippen LogP contribution in [0.15, 0.2) is 0 Å². The molecule has 25 heavy (non-hydrogen) atoms. The smallest absolute Gasteiger partial charge is 0.167 e. The SMILES string of the molecule is COc1c(O)c2c(c(O)c1C(C)C)C(=O)C[C@H]1C(C)(C)CCC[C@]21C. The molecule has 3 rings (SSSR count). The number of ketones is 1. The highest BCUT2D eigenvalue weighted by molar-refractivity contribution is 6.04. The molecule has 4 nitrogen and oxygen atoms in total. The lowest BCUT2D eigenvalue weighted by molar-refractivity contribution is 0.0350. The Morgan fingerprint density at radius 3 is 2.32 bits per heavy atom. The minimum atomic E-state index is -0.338. The van der Waals surface area contributed by atoms with Gasteiger partial charge in [-0.15, -0.1) is 0 Å². The number of ether oxygens (including phenoxy) is 1. The van der Waals surface area contributed by atoms with Gasteiger partial charge in [-0.25, -0.2) is 0 Å². The standard InChI is InChI=1S/C21H30O4/c1-11(2)14-17(23)15-12(22)10-13-20(3,4)8-7-9-21(13,5)16(15)18(24)19(14)25-6/h11,13,23-24H,7-10H2,1-6H3/t13-,21-/m0/s1. The lowest BCUT2D eigenvalue weighted by Gasteiger charge is -2.54. The summed E-state index contributed by atoms with van der Waals surface area (Å²) in [6, 6.07) is 0. The molecular formula is C21H30O4. The van der Waals surface area contributed by atoms with Gasteiger partial charge in [0.05, 0.1) is 12.7 Å². The van der Waals surface area contributed by atoms with E-state index in [1.807, 2.05) is 13.8 Å². The van der Waals surface area contributed by atoms with Crippen LogP contribution >= 0.6 is 0 Å². The van der Waals surface area contributed by atoms with E-state index in [9.17, 15) is 15.0 Å². The van der Waals surface area contributed by atoms with Gasteiger partial charge >= 0.3 is 0 Å². The van der Waals surface area contributed by atoms with Crippen LogP contribution in [0.5, 0.6) is 17.2 Å². The zero-order valence-corrected chi connectivity index (χ0v) is 16.2. The predicted molar refractivity (Wildman–Crippen MR) is 97.8 cm³/mol.